The van der Waals surface area contributed by atoms with Crippen molar-refractivity contribution >= 4 is 15.9 Å². The normalized spacial score (nSPS) is 34.0. The monoisotopic (exact) mass is 333 g/mol. The quantitative estimate of drug-likeness (QED) is 0.769. The van der Waals surface area contributed by atoms with Gasteiger partial charge in [-0.05, 0) is 48.8 Å². The van der Waals surface area contributed by atoms with Crippen molar-refractivity contribution in [2.24, 2.45) is 16.7 Å². The summed E-state index contributed by atoms with van der Waals surface area (Å²) in [7, 11) is 0. The van der Waals surface area contributed by atoms with Crippen molar-refractivity contribution in [3.05, 3.63) is 28.2 Å². The van der Waals surface area contributed by atoms with Crippen molar-refractivity contribution in [3.63, 3.8) is 0 Å². The molecule has 0 spiro atoms. The Morgan fingerprint density at radius 1 is 1.30 bits per heavy atom. The molecule has 3 heteroatoms. The van der Waals surface area contributed by atoms with Crippen LogP contribution in [0.4, 0.5) is 0 Å². The Morgan fingerprint density at radius 3 is 2.60 bits per heavy atom. The standard InChI is InChI=1S/C17H20BrNO/c1-16(2)12-4-5-17(16,3)15(8-12)20-14-7-11(10-19)6-13(18)9-14/h6-7,9,12,15H,4-5,8H2,1-3H3. The minimum Gasteiger partial charge on any atom is -0.490 e. The van der Waals surface area contributed by atoms with E-state index in [0.717, 1.165) is 22.6 Å². The van der Waals surface area contributed by atoms with Gasteiger partial charge in [0, 0.05) is 9.89 Å². The molecule has 1 aromatic carbocycles. The summed E-state index contributed by atoms with van der Waals surface area (Å²) in [5, 5.41) is 9.06. The summed E-state index contributed by atoms with van der Waals surface area (Å²) in [4.78, 5) is 0. The second kappa shape index (κ2) is 4.49. The summed E-state index contributed by atoms with van der Waals surface area (Å²) in [6, 6.07) is 7.80. The molecule has 2 saturated carbocycles. The lowest BCUT2D eigenvalue weighted by molar-refractivity contribution is 0.0301. The maximum Gasteiger partial charge on any atom is 0.122 e. The fourth-order valence-corrected chi connectivity index (χ4v) is 4.64. The largest absolute Gasteiger partial charge is 0.490 e. The Bertz CT molecular complexity index is 589. The Balaban J connectivity index is 1.87. The molecule has 0 saturated heterocycles. The van der Waals surface area contributed by atoms with Crippen LogP contribution in [0.3, 0.4) is 0 Å². The van der Waals surface area contributed by atoms with Crippen molar-refractivity contribution in [2.45, 2.75) is 46.1 Å². The molecule has 0 N–H and O–H groups in total. The second-order valence-corrected chi connectivity index (χ2v) is 7.92. The van der Waals surface area contributed by atoms with E-state index in [1.165, 1.54) is 12.8 Å². The third kappa shape index (κ3) is 1.89. The van der Waals surface area contributed by atoms with Gasteiger partial charge in [-0.3, -0.25) is 0 Å². The molecule has 20 heavy (non-hydrogen) atoms. The van der Waals surface area contributed by atoms with Crippen LogP contribution >= 0.6 is 15.9 Å². The summed E-state index contributed by atoms with van der Waals surface area (Å²) >= 11 is 3.45. The Labute approximate surface area is 129 Å². The van der Waals surface area contributed by atoms with Crippen molar-refractivity contribution in [2.75, 3.05) is 0 Å². The van der Waals surface area contributed by atoms with E-state index in [1.807, 2.05) is 18.2 Å². The fourth-order valence-electron chi connectivity index (χ4n) is 4.17. The van der Waals surface area contributed by atoms with Crippen molar-refractivity contribution in [3.8, 4) is 11.8 Å². The van der Waals surface area contributed by atoms with Gasteiger partial charge >= 0.3 is 0 Å². The highest BCUT2D eigenvalue weighted by molar-refractivity contribution is 9.10. The first-order valence-electron chi connectivity index (χ1n) is 7.24. The number of ether oxygens (including phenoxy) is 1. The van der Waals surface area contributed by atoms with Gasteiger partial charge in [0.1, 0.15) is 11.9 Å². The fraction of sp³-hybridized carbons (Fsp3) is 0.588. The van der Waals surface area contributed by atoms with E-state index < -0.39 is 0 Å². The third-order valence-electron chi connectivity index (χ3n) is 5.99. The number of hydrogen-bond acceptors (Lipinski definition) is 2. The first-order valence-corrected chi connectivity index (χ1v) is 8.03. The maximum absolute atomic E-state index is 9.06. The van der Waals surface area contributed by atoms with Crippen LogP contribution in [-0.2, 0) is 0 Å². The summed E-state index contributed by atoms with van der Waals surface area (Å²) in [6.07, 6.45) is 3.97. The predicted octanol–water partition coefficient (Wildman–Crippen LogP) is 4.91. The van der Waals surface area contributed by atoms with Crippen LogP contribution in [0.1, 0.15) is 45.6 Å². The molecule has 0 radical (unpaired) electrons. The first kappa shape index (κ1) is 13.9. The van der Waals surface area contributed by atoms with Gasteiger partial charge in [0.25, 0.3) is 0 Å². The van der Waals surface area contributed by atoms with Gasteiger partial charge in [0.05, 0.1) is 11.6 Å². The summed E-state index contributed by atoms with van der Waals surface area (Å²) in [5.41, 5.74) is 1.23. The molecule has 2 bridgehead atoms. The molecule has 2 aliphatic carbocycles. The molecule has 0 aliphatic heterocycles. The van der Waals surface area contributed by atoms with E-state index >= 15 is 0 Å². The molecule has 0 aromatic heterocycles. The molecule has 106 valence electrons. The molecule has 0 amide bonds. The highest BCUT2D eigenvalue weighted by Gasteiger charge is 2.62. The topological polar surface area (TPSA) is 33.0 Å². The average molecular weight is 334 g/mol. The molecular weight excluding hydrogens is 314 g/mol. The van der Waals surface area contributed by atoms with E-state index in [4.69, 9.17) is 10.00 Å². The van der Waals surface area contributed by atoms with Crippen LogP contribution in [0.25, 0.3) is 0 Å². The van der Waals surface area contributed by atoms with Crippen LogP contribution in [0, 0.1) is 28.1 Å². The van der Waals surface area contributed by atoms with Crippen LogP contribution < -0.4 is 4.74 Å². The smallest absolute Gasteiger partial charge is 0.122 e. The molecular formula is C17H20BrNO. The highest BCUT2D eigenvalue weighted by Crippen LogP contribution is 2.66. The van der Waals surface area contributed by atoms with Gasteiger partial charge in [-0.25, -0.2) is 0 Å². The van der Waals surface area contributed by atoms with E-state index in [1.54, 1.807) is 0 Å². The van der Waals surface area contributed by atoms with Crippen molar-refractivity contribution < 1.29 is 4.74 Å². The molecule has 2 fully saturated rings. The van der Waals surface area contributed by atoms with Crippen LogP contribution in [0.15, 0.2) is 22.7 Å². The number of benzene rings is 1. The Kier molecular flexibility index (Phi) is 3.14. The minimum absolute atomic E-state index is 0.243. The highest BCUT2D eigenvalue weighted by atomic mass is 79.9. The number of rotatable bonds is 2. The number of hydrogen-bond donors (Lipinski definition) is 0. The van der Waals surface area contributed by atoms with E-state index in [9.17, 15) is 0 Å². The average Bonchev–Trinajstić information content (AvgIpc) is 2.71. The zero-order valence-corrected chi connectivity index (χ0v) is 13.8. The molecule has 2 aliphatic rings. The van der Waals surface area contributed by atoms with Gasteiger partial charge in [-0.15, -0.1) is 0 Å². The zero-order valence-electron chi connectivity index (χ0n) is 12.2. The number of nitrogens with zero attached hydrogens (tertiary/aromatic N) is 1. The lowest BCUT2D eigenvalue weighted by atomic mass is 9.70. The van der Waals surface area contributed by atoms with E-state index in [-0.39, 0.29) is 11.5 Å². The molecule has 2 nitrogen and oxygen atoms in total. The van der Waals surface area contributed by atoms with Crippen LogP contribution in [-0.4, -0.2) is 6.10 Å². The minimum atomic E-state index is 0.243. The molecule has 3 unspecified atom stereocenters. The second-order valence-electron chi connectivity index (χ2n) is 7.00. The summed E-state index contributed by atoms with van der Waals surface area (Å²) in [6.45, 7) is 7.14. The van der Waals surface area contributed by atoms with Crippen LogP contribution in [0.5, 0.6) is 5.75 Å². The number of nitriles is 1. The lowest BCUT2D eigenvalue weighted by Crippen LogP contribution is -2.38. The summed E-state index contributed by atoms with van der Waals surface area (Å²) in [5.74, 6) is 1.57. The van der Waals surface area contributed by atoms with Gasteiger partial charge in [-0.2, -0.15) is 5.26 Å². The maximum atomic E-state index is 9.06. The van der Waals surface area contributed by atoms with Crippen LogP contribution in [0.2, 0.25) is 0 Å². The molecule has 0 heterocycles. The summed E-state index contributed by atoms with van der Waals surface area (Å²) < 4.78 is 7.19. The van der Waals surface area contributed by atoms with Gasteiger partial charge < -0.3 is 4.74 Å². The van der Waals surface area contributed by atoms with Gasteiger partial charge in [0.15, 0.2) is 0 Å². The van der Waals surface area contributed by atoms with E-state index in [2.05, 4.69) is 42.8 Å². The first-order chi connectivity index (χ1) is 9.36. The SMILES string of the molecule is CC1(C)C2CCC1(C)C(Oc1cc(Br)cc(C#N)c1)C2. The lowest BCUT2D eigenvalue weighted by Gasteiger charge is -2.38. The zero-order chi connectivity index (χ0) is 14.5. The molecule has 3 rings (SSSR count). The van der Waals surface area contributed by atoms with Crippen molar-refractivity contribution in [1.82, 2.24) is 0 Å². The molecule has 1 aromatic rings. The third-order valence-corrected chi connectivity index (χ3v) is 6.45. The predicted molar refractivity (Wildman–Crippen MR) is 82.5 cm³/mol. The number of halogens is 1. The Morgan fingerprint density at radius 2 is 2.05 bits per heavy atom. The van der Waals surface area contributed by atoms with Gasteiger partial charge in [-0.1, -0.05) is 36.7 Å². The van der Waals surface area contributed by atoms with E-state index in [0.29, 0.717) is 11.0 Å². The van der Waals surface area contributed by atoms with Gasteiger partial charge in [0.2, 0.25) is 0 Å². The molecule has 3 atom stereocenters. The number of fused-ring (bicyclic) bond motifs is 2. The Hall–Kier alpha value is -1.01. The van der Waals surface area contributed by atoms with Crippen molar-refractivity contribution in [1.29, 1.82) is 5.26 Å².